The Labute approximate surface area is 167 Å². The number of nitrogens with zero attached hydrogens (tertiary/aromatic N) is 2. The van der Waals surface area contributed by atoms with Crippen LogP contribution < -0.4 is 11.5 Å². The second-order valence-electron chi connectivity index (χ2n) is 6.52. The van der Waals surface area contributed by atoms with Crippen LogP contribution in [-0.4, -0.2) is 22.3 Å². The van der Waals surface area contributed by atoms with Gasteiger partial charge in [0, 0.05) is 5.56 Å². The van der Waals surface area contributed by atoms with Crippen molar-refractivity contribution >= 4 is 40.1 Å². The molecule has 1 aliphatic heterocycles. The van der Waals surface area contributed by atoms with E-state index in [-0.39, 0.29) is 5.95 Å². The normalized spacial score (nSPS) is 13.3. The average molecular weight is 401 g/mol. The molecule has 1 aliphatic rings. The minimum absolute atomic E-state index is 0.258. The van der Waals surface area contributed by atoms with Crippen LogP contribution in [-0.2, 0) is 18.0 Å². The van der Waals surface area contributed by atoms with E-state index in [1.807, 2.05) is 18.2 Å². The second-order valence-corrected chi connectivity index (χ2v) is 8.04. The SMILES string of the molecule is NCCCCSc1cc(-c2c(Cl)cc3c4c(cccc24)COC3)nc(N)n1. The zero-order valence-corrected chi connectivity index (χ0v) is 16.4. The topological polar surface area (TPSA) is 87.0 Å². The highest BCUT2D eigenvalue weighted by atomic mass is 35.5. The van der Waals surface area contributed by atoms with Gasteiger partial charge in [-0.3, -0.25) is 0 Å². The Morgan fingerprint density at radius 3 is 2.81 bits per heavy atom. The maximum Gasteiger partial charge on any atom is 0.221 e. The first-order valence-corrected chi connectivity index (χ1v) is 10.3. The molecule has 0 saturated heterocycles. The summed E-state index contributed by atoms with van der Waals surface area (Å²) >= 11 is 8.34. The van der Waals surface area contributed by atoms with Gasteiger partial charge < -0.3 is 16.2 Å². The number of thioether (sulfide) groups is 1. The lowest BCUT2D eigenvalue weighted by Gasteiger charge is -2.20. The summed E-state index contributed by atoms with van der Waals surface area (Å²) in [5, 5.41) is 3.79. The molecule has 0 bridgehead atoms. The van der Waals surface area contributed by atoms with Crippen molar-refractivity contribution in [3.05, 3.63) is 46.5 Å². The molecule has 0 spiro atoms. The van der Waals surface area contributed by atoms with Crippen molar-refractivity contribution in [1.82, 2.24) is 9.97 Å². The predicted molar refractivity (Wildman–Crippen MR) is 112 cm³/mol. The number of nitrogen functional groups attached to an aromatic ring is 1. The predicted octanol–water partition coefficient (Wildman–Crippen LogP) is 4.39. The second kappa shape index (κ2) is 8.02. The van der Waals surface area contributed by atoms with Crippen LogP contribution in [0, 0.1) is 0 Å². The molecular formula is C20H21ClN4OS. The third kappa shape index (κ3) is 3.75. The summed E-state index contributed by atoms with van der Waals surface area (Å²) in [6.07, 6.45) is 2.05. The van der Waals surface area contributed by atoms with E-state index in [4.69, 9.17) is 27.8 Å². The van der Waals surface area contributed by atoms with Gasteiger partial charge in [0.25, 0.3) is 0 Å². The third-order valence-corrected chi connectivity index (χ3v) is 5.92. The molecule has 0 saturated carbocycles. The number of aromatic nitrogens is 2. The molecule has 5 nitrogen and oxygen atoms in total. The smallest absolute Gasteiger partial charge is 0.221 e. The van der Waals surface area contributed by atoms with E-state index < -0.39 is 0 Å². The summed E-state index contributed by atoms with van der Waals surface area (Å²) in [4.78, 5) is 8.84. The molecule has 0 atom stereocenters. The molecule has 0 radical (unpaired) electrons. The molecule has 4 N–H and O–H groups in total. The van der Waals surface area contributed by atoms with E-state index in [1.165, 1.54) is 10.9 Å². The highest BCUT2D eigenvalue weighted by molar-refractivity contribution is 7.99. The van der Waals surface area contributed by atoms with Gasteiger partial charge in [0.15, 0.2) is 0 Å². The van der Waals surface area contributed by atoms with Crippen LogP contribution in [0.1, 0.15) is 24.0 Å². The van der Waals surface area contributed by atoms with Gasteiger partial charge in [-0.05, 0) is 59.2 Å². The van der Waals surface area contributed by atoms with Crippen molar-refractivity contribution in [3.63, 3.8) is 0 Å². The van der Waals surface area contributed by atoms with Gasteiger partial charge >= 0.3 is 0 Å². The van der Waals surface area contributed by atoms with E-state index in [2.05, 4.69) is 22.1 Å². The molecule has 2 aromatic carbocycles. The minimum atomic E-state index is 0.258. The first kappa shape index (κ1) is 18.5. The average Bonchev–Trinajstić information content (AvgIpc) is 2.65. The number of hydrogen-bond acceptors (Lipinski definition) is 6. The quantitative estimate of drug-likeness (QED) is 0.362. The van der Waals surface area contributed by atoms with E-state index in [1.54, 1.807) is 11.8 Å². The Morgan fingerprint density at radius 2 is 1.96 bits per heavy atom. The van der Waals surface area contributed by atoms with Crippen molar-refractivity contribution in [2.24, 2.45) is 5.73 Å². The zero-order chi connectivity index (χ0) is 18.8. The van der Waals surface area contributed by atoms with Crippen molar-refractivity contribution in [1.29, 1.82) is 0 Å². The van der Waals surface area contributed by atoms with Gasteiger partial charge in [-0.15, -0.1) is 11.8 Å². The first-order valence-electron chi connectivity index (χ1n) is 8.96. The number of rotatable bonds is 6. The molecule has 2 heterocycles. The number of hydrogen-bond donors (Lipinski definition) is 2. The molecule has 140 valence electrons. The molecule has 0 aliphatic carbocycles. The molecule has 7 heteroatoms. The van der Waals surface area contributed by atoms with Gasteiger partial charge in [-0.2, -0.15) is 0 Å². The Balaban J connectivity index is 1.80. The van der Waals surface area contributed by atoms with E-state index in [0.29, 0.717) is 24.8 Å². The molecule has 27 heavy (non-hydrogen) atoms. The summed E-state index contributed by atoms with van der Waals surface area (Å²) < 4.78 is 5.67. The van der Waals surface area contributed by atoms with Gasteiger partial charge in [-0.1, -0.05) is 29.8 Å². The number of anilines is 1. The summed E-state index contributed by atoms with van der Waals surface area (Å²) in [5.74, 6) is 1.20. The Morgan fingerprint density at radius 1 is 1.11 bits per heavy atom. The number of nitrogens with two attached hydrogens (primary N) is 2. The third-order valence-electron chi connectivity index (χ3n) is 4.62. The molecular weight excluding hydrogens is 380 g/mol. The van der Waals surface area contributed by atoms with Crippen LogP contribution in [0.25, 0.3) is 22.0 Å². The maximum atomic E-state index is 6.67. The van der Waals surface area contributed by atoms with Gasteiger partial charge in [-0.25, -0.2) is 9.97 Å². The van der Waals surface area contributed by atoms with Gasteiger partial charge in [0.1, 0.15) is 5.03 Å². The van der Waals surface area contributed by atoms with E-state index >= 15 is 0 Å². The molecule has 0 amide bonds. The van der Waals surface area contributed by atoms with E-state index in [0.717, 1.165) is 45.8 Å². The first-order chi connectivity index (χ1) is 13.2. The summed E-state index contributed by atoms with van der Waals surface area (Å²) in [7, 11) is 0. The zero-order valence-electron chi connectivity index (χ0n) is 14.9. The highest BCUT2D eigenvalue weighted by Gasteiger charge is 2.20. The fraction of sp³-hybridized carbons (Fsp3) is 0.300. The van der Waals surface area contributed by atoms with E-state index in [9.17, 15) is 0 Å². The lowest BCUT2D eigenvalue weighted by molar-refractivity contribution is 0.103. The Bertz CT molecular complexity index is 995. The van der Waals surface area contributed by atoms with Gasteiger partial charge in [0.2, 0.25) is 5.95 Å². The standard InChI is InChI=1S/C20H21ClN4OS/c21-15-8-13-11-26-10-12-4-3-5-14(18(12)13)19(15)16-9-17(25-20(23)24-16)27-7-2-1-6-22/h3-5,8-9H,1-2,6-7,10-11,22H2,(H2,23,24,25). The largest absolute Gasteiger partial charge is 0.372 e. The minimum Gasteiger partial charge on any atom is -0.372 e. The Kier molecular flexibility index (Phi) is 5.50. The number of ether oxygens (including phenoxy) is 1. The number of halogens is 1. The molecule has 4 rings (SSSR count). The molecule has 0 fully saturated rings. The van der Waals surface area contributed by atoms with Crippen molar-refractivity contribution in [3.8, 4) is 11.3 Å². The van der Waals surface area contributed by atoms with Crippen LogP contribution in [0.15, 0.2) is 35.4 Å². The van der Waals surface area contributed by atoms with Crippen molar-refractivity contribution in [2.75, 3.05) is 18.0 Å². The summed E-state index contributed by atoms with van der Waals surface area (Å²) in [6, 6.07) is 10.2. The lowest BCUT2D eigenvalue weighted by Crippen LogP contribution is -2.05. The summed E-state index contributed by atoms with van der Waals surface area (Å²) in [5.41, 5.74) is 15.5. The van der Waals surface area contributed by atoms with Crippen LogP contribution >= 0.6 is 23.4 Å². The number of benzene rings is 2. The van der Waals surface area contributed by atoms with Crippen molar-refractivity contribution in [2.45, 2.75) is 31.1 Å². The van der Waals surface area contributed by atoms with Gasteiger partial charge in [0.05, 0.1) is 23.9 Å². The lowest BCUT2D eigenvalue weighted by atomic mass is 9.93. The molecule has 1 aromatic heterocycles. The van der Waals surface area contributed by atoms with Crippen LogP contribution in [0.2, 0.25) is 5.02 Å². The monoisotopic (exact) mass is 400 g/mol. The molecule has 3 aromatic rings. The van der Waals surface area contributed by atoms with Crippen molar-refractivity contribution < 1.29 is 4.74 Å². The number of unbranched alkanes of at least 4 members (excludes halogenated alkanes) is 1. The fourth-order valence-electron chi connectivity index (χ4n) is 3.45. The maximum absolute atomic E-state index is 6.67. The summed E-state index contributed by atoms with van der Waals surface area (Å²) in [6.45, 7) is 1.89. The van der Waals surface area contributed by atoms with Crippen LogP contribution in [0.3, 0.4) is 0 Å². The fourth-order valence-corrected chi connectivity index (χ4v) is 4.69. The van der Waals surface area contributed by atoms with Crippen LogP contribution in [0.5, 0.6) is 0 Å². The highest BCUT2D eigenvalue weighted by Crippen LogP contribution is 2.40. The van der Waals surface area contributed by atoms with Crippen LogP contribution in [0.4, 0.5) is 5.95 Å². The Hall–Kier alpha value is -1.86. The molecule has 0 unspecified atom stereocenters.